The molecule has 40 heavy (non-hydrogen) atoms. The van der Waals surface area contributed by atoms with Crippen LogP contribution in [0.1, 0.15) is 105 Å². The Morgan fingerprint density at radius 2 is 1.50 bits per heavy atom. The van der Waals surface area contributed by atoms with E-state index in [2.05, 4.69) is 132 Å². The molecule has 3 aromatic carbocycles. The predicted octanol–water partition coefficient (Wildman–Crippen LogP) is 11.6. The monoisotopic (exact) mass is 582 g/mol. The lowest BCUT2D eigenvalue weighted by molar-refractivity contribution is 0.239. The molecule has 5 unspecified atom stereocenters. The van der Waals surface area contributed by atoms with Gasteiger partial charge < -0.3 is 0 Å². The maximum Gasteiger partial charge on any atom is 0.0357 e. The molecule has 1 fully saturated rings. The van der Waals surface area contributed by atoms with E-state index in [1.165, 1.54) is 33.6 Å². The van der Waals surface area contributed by atoms with Crippen molar-refractivity contribution in [2.75, 3.05) is 0 Å². The van der Waals surface area contributed by atoms with Crippen LogP contribution in [0.5, 0.6) is 0 Å². The van der Waals surface area contributed by atoms with Crippen molar-refractivity contribution in [3.8, 4) is 0 Å². The smallest absolute Gasteiger partial charge is 0.0357 e. The van der Waals surface area contributed by atoms with Crippen LogP contribution in [0, 0.1) is 16.7 Å². The summed E-state index contributed by atoms with van der Waals surface area (Å²) in [4.78, 5) is 3.11. The van der Waals surface area contributed by atoms with Crippen LogP contribution in [0.25, 0.3) is 10.1 Å². The van der Waals surface area contributed by atoms with E-state index in [9.17, 15) is 0 Å². The van der Waals surface area contributed by atoms with E-state index >= 15 is 0 Å². The summed E-state index contributed by atoms with van der Waals surface area (Å²) in [6.07, 6.45) is 2.64. The van der Waals surface area contributed by atoms with E-state index in [-0.39, 0.29) is 10.8 Å². The number of benzene rings is 3. The average Bonchev–Trinajstić information content (AvgIpc) is 3.37. The molecule has 0 N–H and O–H groups in total. The third-order valence-electron chi connectivity index (χ3n) is 9.78. The molecule has 208 valence electrons. The highest BCUT2D eigenvalue weighted by Crippen LogP contribution is 2.58. The third-order valence-corrected chi connectivity index (χ3v) is 13.8. The molecule has 3 aliphatic rings. The first-order valence-corrected chi connectivity index (χ1v) is 17.9. The van der Waals surface area contributed by atoms with Gasteiger partial charge in [0.2, 0.25) is 0 Å². The van der Waals surface area contributed by atoms with Crippen LogP contribution in [0.4, 0.5) is 0 Å². The molecule has 7 rings (SSSR count). The summed E-state index contributed by atoms with van der Waals surface area (Å²) in [6, 6.07) is 26.1. The minimum absolute atomic E-state index is 0.168. The van der Waals surface area contributed by atoms with Gasteiger partial charge in [0.1, 0.15) is 0 Å². The Hall–Kier alpha value is -1.68. The summed E-state index contributed by atoms with van der Waals surface area (Å²) < 4.78 is 1.44. The first kappa shape index (κ1) is 27.2. The number of fused-ring (bicyclic) bond motifs is 6. The molecule has 0 radical (unpaired) electrons. The van der Waals surface area contributed by atoms with Gasteiger partial charge in [-0.25, -0.2) is 0 Å². The van der Waals surface area contributed by atoms with Crippen molar-refractivity contribution >= 4 is 44.9 Å². The van der Waals surface area contributed by atoms with E-state index in [1.807, 2.05) is 11.3 Å². The van der Waals surface area contributed by atoms with Gasteiger partial charge in [0.25, 0.3) is 0 Å². The van der Waals surface area contributed by atoms with Crippen LogP contribution >= 0.6 is 34.9 Å². The largest absolute Gasteiger partial charge is 0.153 e. The fourth-order valence-corrected chi connectivity index (χ4v) is 12.7. The maximum absolute atomic E-state index is 2.64. The molecule has 0 spiro atoms. The predicted molar refractivity (Wildman–Crippen MR) is 178 cm³/mol. The first-order valence-electron chi connectivity index (χ1n) is 15.1. The summed E-state index contributed by atoms with van der Waals surface area (Å²) in [6.45, 7) is 14.7. The lowest BCUT2D eigenvalue weighted by atomic mass is 9.67. The molecule has 0 nitrogen and oxygen atoms in total. The van der Waals surface area contributed by atoms with E-state index in [1.54, 1.807) is 32.7 Å². The van der Waals surface area contributed by atoms with Crippen molar-refractivity contribution in [1.82, 2.24) is 0 Å². The minimum Gasteiger partial charge on any atom is -0.153 e. The zero-order valence-electron chi connectivity index (χ0n) is 24.8. The zero-order valence-corrected chi connectivity index (χ0v) is 27.2. The van der Waals surface area contributed by atoms with E-state index in [0.29, 0.717) is 17.8 Å². The summed E-state index contributed by atoms with van der Waals surface area (Å²) in [5, 5.41) is 2.20. The van der Waals surface area contributed by atoms with Gasteiger partial charge in [-0.2, -0.15) is 11.8 Å². The second-order valence-corrected chi connectivity index (χ2v) is 17.9. The number of hydrogen-bond donors (Lipinski definition) is 0. The van der Waals surface area contributed by atoms with Crippen LogP contribution in [0.2, 0.25) is 0 Å². The van der Waals surface area contributed by atoms with Crippen molar-refractivity contribution in [1.29, 1.82) is 0 Å². The minimum atomic E-state index is 0.168. The molecule has 1 aliphatic carbocycles. The van der Waals surface area contributed by atoms with Crippen LogP contribution in [-0.4, -0.2) is 5.25 Å². The molecule has 0 amide bonds. The van der Waals surface area contributed by atoms with Gasteiger partial charge in [0, 0.05) is 42.5 Å². The van der Waals surface area contributed by atoms with Crippen LogP contribution in [-0.2, 0) is 11.5 Å². The number of hydrogen-bond acceptors (Lipinski definition) is 3. The van der Waals surface area contributed by atoms with Crippen molar-refractivity contribution in [2.24, 2.45) is 16.7 Å². The highest BCUT2D eigenvalue weighted by molar-refractivity contribution is 7.99. The average molecular weight is 583 g/mol. The Morgan fingerprint density at radius 3 is 2.30 bits per heavy atom. The second-order valence-electron chi connectivity index (χ2n) is 14.6. The Morgan fingerprint density at radius 1 is 0.725 bits per heavy atom. The molecular formula is C37H42S3. The van der Waals surface area contributed by atoms with Gasteiger partial charge in [0.15, 0.2) is 0 Å². The van der Waals surface area contributed by atoms with E-state index in [4.69, 9.17) is 0 Å². The van der Waals surface area contributed by atoms with Gasteiger partial charge in [-0.3, -0.25) is 0 Å². The number of rotatable bonds is 1. The Balaban J connectivity index is 1.25. The summed E-state index contributed by atoms with van der Waals surface area (Å²) in [5.74, 6) is 4.72. The highest BCUT2D eigenvalue weighted by atomic mass is 32.2. The van der Waals surface area contributed by atoms with Crippen molar-refractivity contribution in [3.05, 3.63) is 99.4 Å². The Bertz CT molecular complexity index is 1560. The molecule has 5 atom stereocenters. The van der Waals surface area contributed by atoms with Gasteiger partial charge in [-0.15, -0.1) is 23.1 Å². The van der Waals surface area contributed by atoms with Gasteiger partial charge in [-0.05, 0) is 75.3 Å². The summed E-state index contributed by atoms with van der Waals surface area (Å²) in [5.41, 5.74) is 8.38. The molecule has 2 aliphatic heterocycles. The molecule has 0 saturated heterocycles. The number of thioether (sulfide) groups is 2. The van der Waals surface area contributed by atoms with Crippen LogP contribution in [0.15, 0.2) is 71.6 Å². The van der Waals surface area contributed by atoms with E-state index < -0.39 is 0 Å². The summed E-state index contributed by atoms with van der Waals surface area (Å²) >= 11 is 6.36. The lowest BCUT2D eigenvalue weighted by Crippen LogP contribution is -2.29. The SMILES string of the molecule is CC(C)(C)C1c2ccc(C3CC4SCc5ccccc5C(C(C)(C)C)C4C3)cc2CSc2c1sc1ccccc21. The molecular weight excluding hydrogens is 541 g/mol. The normalized spacial score (nSPS) is 26.4. The van der Waals surface area contributed by atoms with Crippen molar-refractivity contribution in [2.45, 2.75) is 93.8 Å². The third kappa shape index (κ3) is 4.59. The fraction of sp³-hybridized carbons (Fsp3) is 0.459. The van der Waals surface area contributed by atoms with Gasteiger partial charge in [-0.1, -0.05) is 102 Å². The Labute approximate surface area is 253 Å². The van der Waals surface area contributed by atoms with Gasteiger partial charge >= 0.3 is 0 Å². The fourth-order valence-electron chi connectivity index (χ4n) is 8.17. The topological polar surface area (TPSA) is 0 Å². The molecule has 1 saturated carbocycles. The first-order chi connectivity index (χ1) is 19.1. The molecule has 3 heteroatoms. The molecule has 0 bridgehead atoms. The maximum atomic E-state index is 2.64. The standard InChI is InChI=1S/C37H42S3/c1-36(2,3)32-26-12-8-7-11-23(26)20-38-31-19-24(18-29(31)32)22-15-16-27-25(17-22)21-39-34-28-13-9-10-14-30(28)40-35(34)33(27)37(4,5)6/h7-17,24,29,31-33H,18-21H2,1-6H3. The van der Waals surface area contributed by atoms with Gasteiger partial charge in [0.05, 0.1) is 0 Å². The Kier molecular flexibility index (Phi) is 6.76. The molecule has 1 aromatic heterocycles. The van der Waals surface area contributed by atoms with Crippen molar-refractivity contribution in [3.63, 3.8) is 0 Å². The highest BCUT2D eigenvalue weighted by Gasteiger charge is 2.46. The number of thiophene rings is 1. The van der Waals surface area contributed by atoms with Crippen LogP contribution in [0.3, 0.4) is 0 Å². The lowest BCUT2D eigenvalue weighted by Gasteiger charge is -2.37. The summed E-state index contributed by atoms with van der Waals surface area (Å²) in [7, 11) is 0. The quantitative estimate of drug-likeness (QED) is 0.219. The van der Waals surface area contributed by atoms with Crippen molar-refractivity contribution < 1.29 is 0 Å². The van der Waals surface area contributed by atoms with E-state index in [0.717, 1.165) is 16.9 Å². The molecule has 4 aromatic rings. The second kappa shape index (κ2) is 9.96. The molecule has 3 heterocycles. The van der Waals surface area contributed by atoms with Crippen LogP contribution < -0.4 is 0 Å². The zero-order chi connectivity index (χ0) is 27.8.